The summed E-state index contributed by atoms with van der Waals surface area (Å²) in [4.78, 5) is 17.4. The van der Waals surface area contributed by atoms with Gasteiger partial charge in [0.2, 0.25) is 0 Å². The first-order chi connectivity index (χ1) is 15.9. The zero-order valence-corrected chi connectivity index (χ0v) is 22.4. The minimum Gasteiger partial charge on any atom is -0.489 e. The number of rotatable bonds is 10. The number of nitrogens with two attached hydrogens (primary N) is 1. The minimum atomic E-state index is -4.66. The molecule has 0 aliphatic rings. The van der Waals surface area contributed by atoms with Gasteiger partial charge in [-0.05, 0) is 38.1 Å². The van der Waals surface area contributed by atoms with E-state index in [1.54, 1.807) is 18.2 Å². The van der Waals surface area contributed by atoms with Gasteiger partial charge in [-0.3, -0.25) is 4.52 Å². The summed E-state index contributed by atoms with van der Waals surface area (Å²) >= 11 is 13.8. The molecule has 0 unspecified atom stereocenters. The van der Waals surface area contributed by atoms with Crippen molar-refractivity contribution in [2.45, 2.75) is 26.0 Å². The number of nitrogens with zero attached hydrogens (tertiary/aromatic N) is 2. The molecule has 0 radical (unpaired) electrons. The molecule has 9 nitrogen and oxygen atoms in total. The summed E-state index contributed by atoms with van der Waals surface area (Å²) in [5.41, 5.74) is 6.69. The number of phosphoric ester groups is 1. The van der Waals surface area contributed by atoms with E-state index in [9.17, 15) is 8.96 Å². The second kappa shape index (κ2) is 12.6. The SMILES string of the molecule is CC(C)Oc1ccc(-c2nnc(-c3cc(F)c(OC[C@H](N)COP(=O)(O)O)cc3Cl)s2)cc1Cl.Cl. The van der Waals surface area contributed by atoms with Crippen LogP contribution in [0.15, 0.2) is 30.3 Å². The Kier molecular flexibility index (Phi) is 10.7. The molecular weight excluding hydrogens is 567 g/mol. The van der Waals surface area contributed by atoms with Gasteiger partial charge in [-0.25, -0.2) is 8.96 Å². The lowest BCUT2D eigenvalue weighted by molar-refractivity contribution is 0.164. The van der Waals surface area contributed by atoms with Crippen LogP contribution in [-0.4, -0.2) is 45.3 Å². The van der Waals surface area contributed by atoms with Crippen molar-refractivity contribution in [2.75, 3.05) is 13.2 Å². The van der Waals surface area contributed by atoms with Crippen LogP contribution in [0, 0.1) is 5.82 Å². The highest BCUT2D eigenvalue weighted by Gasteiger charge is 2.19. The normalized spacial score (nSPS) is 12.4. The third kappa shape index (κ3) is 8.52. The second-order valence-electron chi connectivity index (χ2n) is 7.34. The molecule has 3 rings (SSSR count). The molecule has 0 fully saturated rings. The molecule has 0 spiro atoms. The summed E-state index contributed by atoms with van der Waals surface area (Å²) in [5.74, 6) is -0.353. The van der Waals surface area contributed by atoms with Crippen molar-refractivity contribution in [1.82, 2.24) is 10.2 Å². The number of benzene rings is 2. The predicted molar refractivity (Wildman–Crippen MR) is 135 cm³/mol. The van der Waals surface area contributed by atoms with Crippen LogP contribution in [-0.2, 0) is 9.09 Å². The number of aromatic nitrogens is 2. The average molecular weight is 589 g/mol. The van der Waals surface area contributed by atoms with Gasteiger partial charge in [0.25, 0.3) is 0 Å². The Labute approximate surface area is 221 Å². The molecule has 35 heavy (non-hydrogen) atoms. The van der Waals surface area contributed by atoms with Crippen LogP contribution in [0.4, 0.5) is 4.39 Å². The number of hydrogen-bond donors (Lipinski definition) is 3. The molecule has 4 N–H and O–H groups in total. The molecule has 1 atom stereocenters. The Bertz CT molecular complexity index is 1210. The van der Waals surface area contributed by atoms with Crippen LogP contribution in [0.25, 0.3) is 21.1 Å². The maximum atomic E-state index is 14.6. The first-order valence-corrected chi connectivity index (χ1v) is 12.9. The van der Waals surface area contributed by atoms with Crippen LogP contribution in [0.2, 0.25) is 10.0 Å². The number of phosphoric acid groups is 1. The highest BCUT2D eigenvalue weighted by molar-refractivity contribution is 7.46. The van der Waals surface area contributed by atoms with E-state index in [0.29, 0.717) is 31.9 Å². The molecule has 1 aromatic heterocycles. The fourth-order valence-corrected chi connectivity index (χ4v) is 4.45. The fraction of sp³-hybridized carbons (Fsp3) is 0.300. The van der Waals surface area contributed by atoms with E-state index in [2.05, 4.69) is 14.7 Å². The molecule has 3 aromatic rings. The minimum absolute atomic E-state index is 0. The van der Waals surface area contributed by atoms with Crippen molar-refractivity contribution in [2.24, 2.45) is 5.73 Å². The molecule has 0 bridgehead atoms. The smallest absolute Gasteiger partial charge is 0.469 e. The maximum absolute atomic E-state index is 14.6. The summed E-state index contributed by atoms with van der Waals surface area (Å²) < 4.78 is 40.5. The molecule has 0 saturated heterocycles. The van der Waals surface area contributed by atoms with Crippen LogP contribution in [0.5, 0.6) is 11.5 Å². The van der Waals surface area contributed by atoms with Gasteiger partial charge < -0.3 is 25.0 Å². The fourth-order valence-electron chi connectivity index (χ4n) is 2.67. The van der Waals surface area contributed by atoms with Gasteiger partial charge in [0.1, 0.15) is 22.4 Å². The van der Waals surface area contributed by atoms with Gasteiger partial charge in [0.15, 0.2) is 11.6 Å². The van der Waals surface area contributed by atoms with Crippen molar-refractivity contribution in [3.05, 3.63) is 46.2 Å². The highest BCUT2D eigenvalue weighted by Crippen LogP contribution is 2.39. The molecule has 15 heteroatoms. The summed E-state index contributed by atoms with van der Waals surface area (Å²) in [6.45, 7) is 3.07. The van der Waals surface area contributed by atoms with Gasteiger partial charge in [0.05, 0.1) is 28.8 Å². The van der Waals surface area contributed by atoms with Crippen LogP contribution < -0.4 is 15.2 Å². The molecule has 0 amide bonds. The molecular formula is C20H22Cl3FN3O6PS. The molecule has 0 saturated carbocycles. The molecule has 0 aliphatic carbocycles. The summed E-state index contributed by atoms with van der Waals surface area (Å²) in [7, 11) is -4.66. The Morgan fingerprint density at radius 2 is 1.77 bits per heavy atom. The number of hydrogen-bond acceptors (Lipinski definition) is 8. The highest BCUT2D eigenvalue weighted by atomic mass is 35.5. The molecule has 2 aromatic carbocycles. The third-order valence-corrected chi connectivity index (χ3v) is 6.23. The van der Waals surface area contributed by atoms with Crippen molar-refractivity contribution in [3.63, 3.8) is 0 Å². The van der Waals surface area contributed by atoms with Gasteiger partial charge in [-0.1, -0.05) is 34.5 Å². The summed E-state index contributed by atoms with van der Waals surface area (Å²) in [6.07, 6.45) is -0.0238. The molecule has 0 aliphatic heterocycles. The Morgan fingerprint density at radius 3 is 2.40 bits per heavy atom. The Morgan fingerprint density at radius 1 is 1.09 bits per heavy atom. The Balaban J connectivity index is 0.00000432. The Hall–Kier alpha value is -1.53. The summed E-state index contributed by atoms with van der Waals surface area (Å²) in [6, 6.07) is 6.77. The average Bonchev–Trinajstić information content (AvgIpc) is 3.23. The van der Waals surface area contributed by atoms with E-state index < -0.39 is 26.3 Å². The van der Waals surface area contributed by atoms with Gasteiger partial charge >= 0.3 is 7.82 Å². The van der Waals surface area contributed by atoms with E-state index in [0.717, 1.165) is 6.07 Å². The van der Waals surface area contributed by atoms with Crippen LogP contribution in [0.1, 0.15) is 13.8 Å². The van der Waals surface area contributed by atoms with Crippen molar-refractivity contribution in [1.29, 1.82) is 0 Å². The van der Waals surface area contributed by atoms with Crippen LogP contribution in [0.3, 0.4) is 0 Å². The van der Waals surface area contributed by atoms with Crippen molar-refractivity contribution in [3.8, 4) is 32.6 Å². The number of halogens is 4. The topological polar surface area (TPSA) is 137 Å². The maximum Gasteiger partial charge on any atom is 0.469 e. The largest absolute Gasteiger partial charge is 0.489 e. The first-order valence-electron chi connectivity index (χ1n) is 9.81. The predicted octanol–water partition coefficient (Wildman–Crippen LogP) is 5.34. The quantitative estimate of drug-likeness (QED) is 0.268. The van der Waals surface area contributed by atoms with E-state index in [4.69, 9.17) is 48.2 Å². The van der Waals surface area contributed by atoms with Crippen molar-refractivity contribution < 1.29 is 32.7 Å². The standard InChI is InChI=1S/C20H21Cl2FN3O6PS.ClH/c1-10(2)32-17-4-3-11(5-15(17)22)19-25-26-20(34-19)13-6-16(23)18(7-14(13)21)30-8-12(24)9-31-33(27,28)29;/h3-7,10,12H,8-9,24H2,1-2H3,(H2,27,28,29);1H/t12-;/m0./s1. The van der Waals surface area contributed by atoms with E-state index in [1.165, 1.54) is 17.4 Å². The van der Waals surface area contributed by atoms with Gasteiger partial charge in [0, 0.05) is 17.2 Å². The second-order valence-corrected chi connectivity index (χ2v) is 10.4. The molecule has 192 valence electrons. The van der Waals surface area contributed by atoms with E-state index in [-0.39, 0.29) is 35.9 Å². The summed E-state index contributed by atoms with van der Waals surface area (Å²) in [5, 5.41) is 9.79. The monoisotopic (exact) mass is 587 g/mol. The van der Waals surface area contributed by atoms with Gasteiger partial charge in [-0.2, -0.15) is 0 Å². The zero-order valence-electron chi connectivity index (χ0n) is 18.4. The lowest BCUT2D eigenvalue weighted by Gasteiger charge is -2.15. The van der Waals surface area contributed by atoms with E-state index >= 15 is 0 Å². The zero-order chi connectivity index (χ0) is 25.0. The third-order valence-electron chi connectivity index (χ3n) is 4.13. The lowest BCUT2D eigenvalue weighted by Crippen LogP contribution is -2.32. The van der Waals surface area contributed by atoms with E-state index in [1.807, 2.05) is 13.8 Å². The lowest BCUT2D eigenvalue weighted by atomic mass is 10.2. The van der Waals surface area contributed by atoms with Gasteiger partial charge in [-0.15, -0.1) is 22.6 Å². The molecule has 1 heterocycles. The first kappa shape index (κ1) is 29.7. The van der Waals surface area contributed by atoms with Crippen LogP contribution >= 0.6 is 54.8 Å². The number of ether oxygens (including phenoxy) is 2. The van der Waals surface area contributed by atoms with Crippen molar-refractivity contribution >= 4 is 54.8 Å².